The summed E-state index contributed by atoms with van der Waals surface area (Å²) in [7, 11) is 0. The summed E-state index contributed by atoms with van der Waals surface area (Å²) in [6.07, 6.45) is 3.75. The molecule has 0 aliphatic heterocycles. The molecule has 0 saturated heterocycles. The molecule has 1 aliphatic carbocycles. The molecule has 0 bridgehead atoms. The van der Waals surface area contributed by atoms with Crippen LogP contribution in [-0.4, -0.2) is 25.0 Å². The van der Waals surface area contributed by atoms with Gasteiger partial charge in [0.05, 0.1) is 0 Å². The van der Waals surface area contributed by atoms with Gasteiger partial charge in [0.1, 0.15) is 5.82 Å². The topological polar surface area (TPSA) is 41.1 Å². The first-order chi connectivity index (χ1) is 8.74. The molecule has 1 aromatic rings. The molecular weight excluding hydrogens is 231 g/mol. The van der Waals surface area contributed by atoms with E-state index in [-0.39, 0.29) is 11.7 Å². The van der Waals surface area contributed by atoms with E-state index in [1.807, 2.05) is 0 Å². The molecule has 2 rings (SSSR count). The summed E-state index contributed by atoms with van der Waals surface area (Å²) in [5.74, 6) is -0.154. The highest BCUT2D eigenvalue weighted by atomic mass is 19.1. The highest BCUT2D eigenvalue weighted by molar-refractivity contribution is 5.76. The van der Waals surface area contributed by atoms with E-state index in [9.17, 15) is 9.18 Å². The first kappa shape index (κ1) is 13.0. The van der Waals surface area contributed by atoms with Gasteiger partial charge in [-0.25, -0.2) is 4.39 Å². The van der Waals surface area contributed by atoms with Gasteiger partial charge in [0, 0.05) is 25.6 Å². The quantitative estimate of drug-likeness (QED) is 0.772. The van der Waals surface area contributed by atoms with Crippen LogP contribution in [0.5, 0.6) is 0 Å². The van der Waals surface area contributed by atoms with Crippen molar-refractivity contribution in [2.45, 2.75) is 31.7 Å². The number of carbonyl (C=O) groups excluding carboxylic acids is 1. The standard InChI is InChI=1S/C14H19FN2O/c15-12-3-1-11(2-4-12)7-9-17-14(18)8-10-16-13-5-6-13/h1-4,13,16H,5-10H2,(H,17,18). The van der Waals surface area contributed by atoms with E-state index in [1.165, 1.54) is 25.0 Å². The van der Waals surface area contributed by atoms with Crippen molar-refractivity contribution in [1.29, 1.82) is 0 Å². The molecule has 0 atom stereocenters. The fourth-order valence-electron chi connectivity index (χ4n) is 1.76. The van der Waals surface area contributed by atoms with E-state index in [4.69, 9.17) is 0 Å². The third-order valence-corrected chi connectivity index (χ3v) is 3.01. The van der Waals surface area contributed by atoms with Gasteiger partial charge in [-0.15, -0.1) is 0 Å². The van der Waals surface area contributed by atoms with Crippen LogP contribution in [0.3, 0.4) is 0 Å². The summed E-state index contributed by atoms with van der Waals surface area (Å²) in [5, 5.41) is 6.17. The number of amides is 1. The number of hydrogen-bond donors (Lipinski definition) is 2. The van der Waals surface area contributed by atoms with Crippen LogP contribution in [0.2, 0.25) is 0 Å². The summed E-state index contributed by atoms with van der Waals surface area (Å²) in [4.78, 5) is 11.5. The van der Waals surface area contributed by atoms with Crippen LogP contribution in [-0.2, 0) is 11.2 Å². The maximum absolute atomic E-state index is 12.7. The Labute approximate surface area is 107 Å². The molecule has 4 heteroatoms. The third kappa shape index (κ3) is 4.84. The lowest BCUT2D eigenvalue weighted by atomic mass is 10.1. The van der Waals surface area contributed by atoms with E-state index < -0.39 is 0 Å². The Hall–Kier alpha value is -1.42. The summed E-state index contributed by atoms with van der Waals surface area (Å²) in [5.41, 5.74) is 1.04. The van der Waals surface area contributed by atoms with Crippen molar-refractivity contribution in [2.75, 3.05) is 13.1 Å². The zero-order valence-corrected chi connectivity index (χ0v) is 10.4. The Morgan fingerprint density at radius 1 is 1.22 bits per heavy atom. The number of carbonyl (C=O) groups is 1. The molecule has 1 aliphatic rings. The molecular formula is C14H19FN2O. The zero-order chi connectivity index (χ0) is 12.8. The number of hydrogen-bond acceptors (Lipinski definition) is 2. The largest absolute Gasteiger partial charge is 0.356 e. The van der Waals surface area contributed by atoms with E-state index in [2.05, 4.69) is 10.6 Å². The monoisotopic (exact) mass is 250 g/mol. The number of benzene rings is 1. The smallest absolute Gasteiger partial charge is 0.221 e. The SMILES string of the molecule is O=C(CCNC1CC1)NCCc1ccc(F)cc1. The van der Waals surface area contributed by atoms with Crippen molar-refractivity contribution in [2.24, 2.45) is 0 Å². The van der Waals surface area contributed by atoms with Gasteiger partial charge < -0.3 is 10.6 Å². The maximum atomic E-state index is 12.7. The van der Waals surface area contributed by atoms with Gasteiger partial charge in [0.2, 0.25) is 5.91 Å². The van der Waals surface area contributed by atoms with Gasteiger partial charge in [0.15, 0.2) is 0 Å². The summed E-state index contributed by atoms with van der Waals surface area (Å²) in [6, 6.07) is 7.02. The van der Waals surface area contributed by atoms with Crippen molar-refractivity contribution >= 4 is 5.91 Å². The van der Waals surface area contributed by atoms with Crippen LogP contribution < -0.4 is 10.6 Å². The number of rotatable bonds is 7. The molecule has 1 saturated carbocycles. The fourth-order valence-corrected chi connectivity index (χ4v) is 1.76. The van der Waals surface area contributed by atoms with Crippen LogP contribution in [0.15, 0.2) is 24.3 Å². The van der Waals surface area contributed by atoms with E-state index in [1.54, 1.807) is 12.1 Å². The van der Waals surface area contributed by atoms with Gasteiger partial charge >= 0.3 is 0 Å². The van der Waals surface area contributed by atoms with Gasteiger partial charge in [-0.3, -0.25) is 4.79 Å². The van der Waals surface area contributed by atoms with Crippen LogP contribution >= 0.6 is 0 Å². The molecule has 18 heavy (non-hydrogen) atoms. The van der Waals surface area contributed by atoms with E-state index in [0.29, 0.717) is 19.0 Å². The molecule has 1 fully saturated rings. The second-order valence-corrected chi connectivity index (χ2v) is 4.70. The van der Waals surface area contributed by atoms with Crippen LogP contribution in [0.25, 0.3) is 0 Å². The molecule has 2 N–H and O–H groups in total. The minimum atomic E-state index is -0.228. The van der Waals surface area contributed by atoms with Crippen LogP contribution in [0, 0.1) is 5.82 Å². The fraction of sp³-hybridized carbons (Fsp3) is 0.500. The predicted octanol–water partition coefficient (Wildman–Crippen LogP) is 1.63. The molecule has 1 amide bonds. The molecule has 98 valence electrons. The van der Waals surface area contributed by atoms with Gasteiger partial charge in [-0.1, -0.05) is 12.1 Å². The Bertz CT molecular complexity index is 387. The van der Waals surface area contributed by atoms with E-state index in [0.717, 1.165) is 18.5 Å². The lowest BCUT2D eigenvalue weighted by molar-refractivity contribution is -0.120. The van der Waals surface area contributed by atoms with Crippen molar-refractivity contribution in [3.8, 4) is 0 Å². The van der Waals surface area contributed by atoms with Gasteiger partial charge in [0.25, 0.3) is 0 Å². The van der Waals surface area contributed by atoms with Crippen molar-refractivity contribution in [3.63, 3.8) is 0 Å². The summed E-state index contributed by atoms with van der Waals surface area (Å²) in [6.45, 7) is 1.36. The number of nitrogens with one attached hydrogen (secondary N) is 2. The molecule has 1 aromatic carbocycles. The zero-order valence-electron chi connectivity index (χ0n) is 10.4. The normalized spacial score (nSPS) is 14.5. The first-order valence-corrected chi connectivity index (χ1v) is 6.48. The van der Waals surface area contributed by atoms with E-state index >= 15 is 0 Å². The Morgan fingerprint density at radius 3 is 2.61 bits per heavy atom. The van der Waals surface area contributed by atoms with Crippen molar-refractivity contribution in [3.05, 3.63) is 35.6 Å². The van der Waals surface area contributed by atoms with Crippen LogP contribution in [0.1, 0.15) is 24.8 Å². The van der Waals surface area contributed by atoms with Gasteiger partial charge in [-0.05, 0) is 37.0 Å². The molecule has 0 unspecified atom stereocenters. The Balaban J connectivity index is 1.56. The average molecular weight is 250 g/mol. The third-order valence-electron chi connectivity index (χ3n) is 3.01. The van der Waals surface area contributed by atoms with Crippen LogP contribution in [0.4, 0.5) is 4.39 Å². The molecule has 0 spiro atoms. The minimum Gasteiger partial charge on any atom is -0.356 e. The Morgan fingerprint density at radius 2 is 1.94 bits per heavy atom. The van der Waals surface area contributed by atoms with Gasteiger partial charge in [-0.2, -0.15) is 0 Å². The molecule has 0 aromatic heterocycles. The lowest BCUT2D eigenvalue weighted by Crippen LogP contribution is -2.29. The highest BCUT2D eigenvalue weighted by Gasteiger charge is 2.19. The Kier molecular flexibility index (Phi) is 4.70. The summed E-state index contributed by atoms with van der Waals surface area (Å²) < 4.78 is 12.7. The lowest BCUT2D eigenvalue weighted by Gasteiger charge is -2.06. The predicted molar refractivity (Wildman–Crippen MR) is 68.8 cm³/mol. The number of halogens is 1. The molecule has 0 radical (unpaired) electrons. The second-order valence-electron chi connectivity index (χ2n) is 4.70. The summed E-state index contributed by atoms with van der Waals surface area (Å²) >= 11 is 0. The van der Waals surface area contributed by atoms with Crippen molar-refractivity contribution < 1.29 is 9.18 Å². The highest BCUT2D eigenvalue weighted by Crippen LogP contribution is 2.18. The second kappa shape index (κ2) is 6.50. The average Bonchev–Trinajstić information content (AvgIpc) is 3.16. The maximum Gasteiger partial charge on any atom is 0.221 e. The first-order valence-electron chi connectivity index (χ1n) is 6.48. The molecule has 3 nitrogen and oxygen atoms in total. The molecule has 0 heterocycles. The van der Waals surface area contributed by atoms with Crippen molar-refractivity contribution in [1.82, 2.24) is 10.6 Å². The minimum absolute atomic E-state index is 0.0743.